The number of likely N-dealkylation sites (tertiary alicyclic amines) is 1. The molecule has 82 valence electrons. The van der Waals surface area contributed by atoms with Crippen molar-refractivity contribution in [1.29, 1.82) is 0 Å². The molecule has 1 saturated heterocycles. The van der Waals surface area contributed by atoms with Crippen molar-refractivity contribution >= 4 is 0 Å². The Bertz CT molecular complexity index is 189. The van der Waals surface area contributed by atoms with Gasteiger partial charge >= 0.3 is 0 Å². The highest BCUT2D eigenvalue weighted by atomic mass is 15.2. The van der Waals surface area contributed by atoms with Crippen molar-refractivity contribution in [3.63, 3.8) is 0 Å². The van der Waals surface area contributed by atoms with E-state index < -0.39 is 0 Å². The van der Waals surface area contributed by atoms with Gasteiger partial charge in [-0.15, -0.1) is 0 Å². The van der Waals surface area contributed by atoms with E-state index in [4.69, 9.17) is 5.73 Å². The minimum absolute atomic E-state index is 0.441. The van der Waals surface area contributed by atoms with Gasteiger partial charge in [0.05, 0.1) is 0 Å². The van der Waals surface area contributed by atoms with Gasteiger partial charge in [0.1, 0.15) is 0 Å². The molecule has 0 spiro atoms. The summed E-state index contributed by atoms with van der Waals surface area (Å²) in [5, 5.41) is 0. The molecule has 0 radical (unpaired) electrons. The fourth-order valence-corrected chi connectivity index (χ4v) is 2.37. The highest BCUT2D eigenvalue weighted by Gasteiger charge is 2.32. The normalized spacial score (nSPS) is 31.3. The molecule has 1 saturated carbocycles. The van der Waals surface area contributed by atoms with Crippen LogP contribution in [0.1, 0.15) is 19.3 Å². The second kappa shape index (κ2) is 4.17. The summed E-state index contributed by atoms with van der Waals surface area (Å²) in [5.74, 6) is 0.841. The standard InChI is InChI=1S/C11H23N3/c1-13(2)10-5-6-14(7-10)8-11(12)9-3-4-9/h9-11H,3-8,12H2,1-2H3. The van der Waals surface area contributed by atoms with E-state index in [1.807, 2.05) is 0 Å². The fraction of sp³-hybridized carbons (Fsp3) is 1.00. The van der Waals surface area contributed by atoms with Crippen LogP contribution in [0.2, 0.25) is 0 Å². The van der Waals surface area contributed by atoms with Gasteiger partial charge in [-0.3, -0.25) is 0 Å². The first-order chi connectivity index (χ1) is 6.66. The molecule has 2 unspecified atom stereocenters. The average molecular weight is 197 g/mol. The summed E-state index contributed by atoms with van der Waals surface area (Å²) >= 11 is 0. The zero-order valence-corrected chi connectivity index (χ0v) is 9.45. The molecule has 2 aliphatic rings. The number of likely N-dealkylation sites (N-methyl/N-ethyl adjacent to an activating group) is 1. The zero-order valence-electron chi connectivity index (χ0n) is 9.45. The second-order valence-electron chi connectivity index (χ2n) is 5.17. The second-order valence-corrected chi connectivity index (χ2v) is 5.17. The number of hydrogen-bond donors (Lipinski definition) is 1. The third kappa shape index (κ3) is 2.47. The molecule has 0 amide bonds. The Hall–Kier alpha value is -0.120. The van der Waals surface area contributed by atoms with Crippen LogP contribution >= 0.6 is 0 Å². The summed E-state index contributed by atoms with van der Waals surface area (Å²) in [6.07, 6.45) is 4.04. The van der Waals surface area contributed by atoms with E-state index in [1.54, 1.807) is 0 Å². The number of nitrogens with two attached hydrogens (primary N) is 1. The predicted octanol–water partition coefficient (Wildman–Crippen LogP) is 0.360. The Morgan fingerprint density at radius 1 is 1.36 bits per heavy atom. The van der Waals surface area contributed by atoms with E-state index in [-0.39, 0.29) is 0 Å². The van der Waals surface area contributed by atoms with Crippen LogP contribution in [0.3, 0.4) is 0 Å². The fourth-order valence-electron chi connectivity index (χ4n) is 2.37. The van der Waals surface area contributed by atoms with Crippen molar-refractivity contribution in [2.75, 3.05) is 33.7 Å². The quantitative estimate of drug-likeness (QED) is 0.706. The molecule has 2 fully saturated rings. The van der Waals surface area contributed by atoms with Crippen molar-refractivity contribution in [2.45, 2.75) is 31.3 Å². The summed E-state index contributed by atoms with van der Waals surface area (Å²) in [7, 11) is 4.35. The zero-order chi connectivity index (χ0) is 10.1. The molecular weight excluding hydrogens is 174 g/mol. The molecule has 2 atom stereocenters. The maximum absolute atomic E-state index is 6.13. The van der Waals surface area contributed by atoms with Gasteiger partial charge in [-0.2, -0.15) is 0 Å². The molecular formula is C11H23N3. The number of hydrogen-bond acceptors (Lipinski definition) is 3. The summed E-state index contributed by atoms with van der Waals surface area (Å²) in [6.45, 7) is 3.58. The topological polar surface area (TPSA) is 32.5 Å². The van der Waals surface area contributed by atoms with E-state index in [9.17, 15) is 0 Å². The molecule has 1 aliphatic carbocycles. The van der Waals surface area contributed by atoms with Gasteiger partial charge in [-0.25, -0.2) is 0 Å². The third-order valence-electron chi connectivity index (χ3n) is 3.67. The number of nitrogens with zero attached hydrogens (tertiary/aromatic N) is 2. The molecule has 2 N–H and O–H groups in total. The smallest absolute Gasteiger partial charge is 0.0229 e. The lowest BCUT2D eigenvalue weighted by molar-refractivity contribution is 0.255. The van der Waals surface area contributed by atoms with Crippen LogP contribution in [0.25, 0.3) is 0 Å². The Morgan fingerprint density at radius 3 is 2.57 bits per heavy atom. The van der Waals surface area contributed by atoms with Crippen molar-refractivity contribution < 1.29 is 0 Å². The minimum atomic E-state index is 0.441. The molecule has 14 heavy (non-hydrogen) atoms. The molecule has 1 heterocycles. The van der Waals surface area contributed by atoms with Gasteiger partial charge in [0.25, 0.3) is 0 Å². The van der Waals surface area contributed by atoms with Crippen molar-refractivity contribution in [3.05, 3.63) is 0 Å². The highest BCUT2D eigenvalue weighted by Crippen LogP contribution is 2.32. The van der Waals surface area contributed by atoms with Crippen LogP contribution in [0.15, 0.2) is 0 Å². The van der Waals surface area contributed by atoms with E-state index >= 15 is 0 Å². The van der Waals surface area contributed by atoms with Crippen LogP contribution in [-0.2, 0) is 0 Å². The van der Waals surface area contributed by atoms with Gasteiger partial charge in [0.15, 0.2) is 0 Å². The summed E-state index contributed by atoms with van der Waals surface area (Å²) in [4.78, 5) is 4.87. The first kappa shape index (κ1) is 10.4. The van der Waals surface area contributed by atoms with Gasteiger partial charge < -0.3 is 15.5 Å². The SMILES string of the molecule is CN(C)C1CCN(CC(N)C2CC2)C1. The first-order valence-corrected chi connectivity index (χ1v) is 5.81. The maximum atomic E-state index is 6.13. The van der Waals surface area contributed by atoms with E-state index in [0.717, 1.165) is 18.5 Å². The Kier molecular flexibility index (Phi) is 3.10. The maximum Gasteiger partial charge on any atom is 0.0229 e. The summed E-state index contributed by atoms with van der Waals surface area (Å²) in [5.41, 5.74) is 6.13. The van der Waals surface area contributed by atoms with E-state index in [1.165, 1.54) is 32.4 Å². The van der Waals surface area contributed by atoms with Gasteiger partial charge in [0.2, 0.25) is 0 Å². The van der Waals surface area contributed by atoms with Crippen LogP contribution in [0.5, 0.6) is 0 Å². The molecule has 0 aromatic rings. The molecule has 0 aromatic heterocycles. The predicted molar refractivity (Wildman–Crippen MR) is 59.2 cm³/mol. The summed E-state index contributed by atoms with van der Waals surface area (Å²) in [6, 6.07) is 1.19. The Morgan fingerprint density at radius 2 is 2.07 bits per heavy atom. The van der Waals surface area contributed by atoms with Gasteiger partial charge in [-0.05, 0) is 45.8 Å². The molecule has 1 aliphatic heterocycles. The molecule has 3 nitrogen and oxygen atoms in total. The lowest BCUT2D eigenvalue weighted by Gasteiger charge is -2.22. The number of rotatable bonds is 4. The molecule has 0 bridgehead atoms. The van der Waals surface area contributed by atoms with E-state index in [0.29, 0.717) is 6.04 Å². The van der Waals surface area contributed by atoms with Crippen molar-refractivity contribution in [2.24, 2.45) is 11.7 Å². The van der Waals surface area contributed by atoms with Gasteiger partial charge in [0, 0.05) is 25.2 Å². The molecule has 3 heteroatoms. The lowest BCUT2D eigenvalue weighted by Crippen LogP contribution is -2.39. The largest absolute Gasteiger partial charge is 0.326 e. The van der Waals surface area contributed by atoms with Crippen LogP contribution in [0, 0.1) is 5.92 Å². The first-order valence-electron chi connectivity index (χ1n) is 5.81. The molecule has 0 aromatic carbocycles. The monoisotopic (exact) mass is 197 g/mol. The Balaban J connectivity index is 1.72. The van der Waals surface area contributed by atoms with Crippen molar-refractivity contribution in [1.82, 2.24) is 9.80 Å². The summed E-state index contributed by atoms with van der Waals surface area (Å²) < 4.78 is 0. The van der Waals surface area contributed by atoms with Crippen LogP contribution < -0.4 is 5.73 Å². The molecule has 2 rings (SSSR count). The average Bonchev–Trinajstić information content (AvgIpc) is 2.87. The van der Waals surface area contributed by atoms with Gasteiger partial charge in [-0.1, -0.05) is 0 Å². The van der Waals surface area contributed by atoms with Crippen LogP contribution in [0.4, 0.5) is 0 Å². The Labute approximate surface area is 87.2 Å². The lowest BCUT2D eigenvalue weighted by atomic mass is 10.2. The third-order valence-corrected chi connectivity index (χ3v) is 3.67. The van der Waals surface area contributed by atoms with Crippen LogP contribution in [-0.4, -0.2) is 55.6 Å². The highest BCUT2D eigenvalue weighted by molar-refractivity contribution is 4.89. The minimum Gasteiger partial charge on any atom is -0.326 e. The van der Waals surface area contributed by atoms with Crippen molar-refractivity contribution in [3.8, 4) is 0 Å². The van der Waals surface area contributed by atoms with E-state index in [2.05, 4.69) is 23.9 Å².